The zero-order valence-corrected chi connectivity index (χ0v) is 13.3. The Morgan fingerprint density at radius 3 is 2.79 bits per heavy atom. The third-order valence-corrected chi connectivity index (χ3v) is 4.38. The van der Waals surface area contributed by atoms with E-state index in [1.165, 1.54) is 11.3 Å². The van der Waals surface area contributed by atoms with Gasteiger partial charge in [-0.1, -0.05) is 18.2 Å². The van der Waals surface area contributed by atoms with Gasteiger partial charge in [-0.25, -0.2) is 4.98 Å². The molecule has 0 unspecified atom stereocenters. The Morgan fingerprint density at radius 2 is 1.96 bits per heavy atom. The molecule has 0 saturated carbocycles. The number of para-hydroxylation sites is 1. The number of nitriles is 1. The number of nitrogens with zero attached hydrogens (tertiary/aromatic N) is 3. The van der Waals surface area contributed by atoms with Gasteiger partial charge < -0.3 is 9.32 Å². The Morgan fingerprint density at radius 1 is 1.12 bits per heavy atom. The standard InChI is InChI=1S/C20H17N3O/c21-12-15-7-9-17(10-8-15)19-13-22-20(24-19)14-23-11-3-5-16-4-1-2-6-18(16)23/h1-2,4,6-10,13H,3,5,11,14H2. The molecule has 0 N–H and O–H groups in total. The lowest BCUT2D eigenvalue weighted by Gasteiger charge is -2.30. The lowest BCUT2D eigenvalue weighted by Crippen LogP contribution is -2.28. The predicted octanol–water partition coefficient (Wildman–Crippen LogP) is 4.17. The Balaban J connectivity index is 1.55. The van der Waals surface area contributed by atoms with Gasteiger partial charge in [-0.2, -0.15) is 5.26 Å². The molecule has 2 aromatic carbocycles. The molecule has 1 aliphatic rings. The molecule has 0 spiro atoms. The Labute approximate surface area is 141 Å². The van der Waals surface area contributed by atoms with E-state index in [-0.39, 0.29) is 0 Å². The summed E-state index contributed by atoms with van der Waals surface area (Å²) < 4.78 is 5.93. The van der Waals surface area contributed by atoms with Crippen LogP contribution in [0, 0.1) is 11.3 Å². The van der Waals surface area contributed by atoms with Gasteiger partial charge in [-0.15, -0.1) is 0 Å². The van der Waals surface area contributed by atoms with Crippen LogP contribution in [0.2, 0.25) is 0 Å². The van der Waals surface area contributed by atoms with E-state index in [0.717, 1.165) is 30.7 Å². The third-order valence-electron chi connectivity index (χ3n) is 4.38. The normalized spacial score (nSPS) is 13.4. The van der Waals surface area contributed by atoms with Gasteiger partial charge in [-0.3, -0.25) is 0 Å². The number of rotatable bonds is 3. The van der Waals surface area contributed by atoms with Gasteiger partial charge >= 0.3 is 0 Å². The molecule has 118 valence electrons. The van der Waals surface area contributed by atoms with E-state index in [1.54, 1.807) is 18.3 Å². The van der Waals surface area contributed by atoms with Crippen LogP contribution in [-0.4, -0.2) is 11.5 Å². The molecule has 0 saturated heterocycles. The van der Waals surface area contributed by atoms with Crippen molar-refractivity contribution in [2.24, 2.45) is 0 Å². The quantitative estimate of drug-likeness (QED) is 0.728. The summed E-state index contributed by atoms with van der Waals surface area (Å²) in [5.74, 6) is 1.45. The van der Waals surface area contributed by atoms with Crippen molar-refractivity contribution in [3.05, 3.63) is 71.7 Å². The summed E-state index contributed by atoms with van der Waals surface area (Å²) in [5, 5.41) is 8.87. The summed E-state index contributed by atoms with van der Waals surface area (Å²) in [5.41, 5.74) is 4.25. The maximum absolute atomic E-state index is 8.87. The molecule has 0 radical (unpaired) electrons. The molecular formula is C20H17N3O. The van der Waals surface area contributed by atoms with E-state index < -0.39 is 0 Å². The lowest BCUT2D eigenvalue weighted by atomic mass is 10.0. The number of anilines is 1. The average molecular weight is 315 g/mol. The minimum Gasteiger partial charge on any atom is -0.439 e. The largest absolute Gasteiger partial charge is 0.439 e. The van der Waals surface area contributed by atoms with E-state index in [1.807, 2.05) is 12.1 Å². The lowest BCUT2D eigenvalue weighted by molar-refractivity contribution is 0.493. The van der Waals surface area contributed by atoms with E-state index in [9.17, 15) is 0 Å². The number of aromatic nitrogens is 1. The van der Waals surface area contributed by atoms with E-state index >= 15 is 0 Å². The summed E-state index contributed by atoms with van der Waals surface area (Å²) >= 11 is 0. The molecule has 0 fully saturated rings. The summed E-state index contributed by atoms with van der Waals surface area (Å²) in [7, 11) is 0. The summed E-state index contributed by atoms with van der Waals surface area (Å²) in [6.45, 7) is 1.69. The first-order chi connectivity index (χ1) is 11.8. The van der Waals surface area contributed by atoms with Crippen molar-refractivity contribution in [2.45, 2.75) is 19.4 Å². The van der Waals surface area contributed by atoms with Gasteiger partial charge in [0.25, 0.3) is 0 Å². The summed E-state index contributed by atoms with van der Waals surface area (Å²) in [6, 6.07) is 18.0. The first kappa shape index (κ1) is 14.5. The fourth-order valence-electron chi connectivity index (χ4n) is 3.16. The van der Waals surface area contributed by atoms with Crippen LogP contribution in [0.25, 0.3) is 11.3 Å². The second kappa shape index (κ2) is 6.21. The number of oxazole rings is 1. The molecule has 4 rings (SSSR count). The van der Waals surface area contributed by atoms with Crippen LogP contribution >= 0.6 is 0 Å². The molecule has 0 aliphatic carbocycles. The molecule has 0 amide bonds. The first-order valence-electron chi connectivity index (χ1n) is 8.11. The van der Waals surface area contributed by atoms with E-state index in [0.29, 0.717) is 18.0 Å². The smallest absolute Gasteiger partial charge is 0.214 e. The Bertz CT molecular complexity index is 890. The molecule has 3 aromatic rings. The van der Waals surface area contributed by atoms with Gasteiger partial charge in [0, 0.05) is 17.8 Å². The van der Waals surface area contributed by atoms with Crippen molar-refractivity contribution in [3.8, 4) is 17.4 Å². The second-order valence-corrected chi connectivity index (χ2v) is 5.96. The van der Waals surface area contributed by atoms with Crippen LogP contribution in [0.1, 0.15) is 23.4 Å². The predicted molar refractivity (Wildman–Crippen MR) is 92.5 cm³/mol. The van der Waals surface area contributed by atoms with Crippen molar-refractivity contribution in [1.82, 2.24) is 4.98 Å². The SMILES string of the molecule is N#Cc1ccc(-c2cnc(CN3CCCc4ccccc43)o2)cc1. The second-order valence-electron chi connectivity index (χ2n) is 5.96. The van der Waals surface area contributed by atoms with Crippen molar-refractivity contribution in [1.29, 1.82) is 5.26 Å². The van der Waals surface area contributed by atoms with Crippen molar-refractivity contribution < 1.29 is 4.42 Å². The van der Waals surface area contributed by atoms with Gasteiger partial charge in [-0.05, 0) is 48.7 Å². The summed E-state index contributed by atoms with van der Waals surface area (Å²) in [4.78, 5) is 6.76. The highest BCUT2D eigenvalue weighted by Gasteiger charge is 2.18. The van der Waals surface area contributed by atoms with E-state index in [4.69, 9.17) is 9.68 Å². The van der Waals surface area contributed by atoms with E-state index in [2.05, 4.69) is 40.2 Å². The van der Waals surface area contributed by atoms with Crippen LogP contribution < -0.4 is 4.90 Å². The molecule has 1 aromatic heterocycles. The van der Waals surface area contributed by atoms with Gasteiger partial charge in [0.1, 0.15) is 0 Å². The van der Waals surface area contributed by atoms with Gasteiger partial charge in [0.15, 0.2) is 5.76 Å². The maximum atomic E-state index is 8.87. The number of hydrogen-bond donors (Lipinski definition) is 0. The fourth-order valence-corrected chi connectivity index (χ4v) is 3.16. The van der Waals surface area contributed by atoms with Crippen molar-refractivity contribution in [3.63, 3.8) is 0 Å². The highest BCUT2D eigenvalue weighted by molar-refractivity contribution is 5.58. The van der Waals surface area contributed by atoms with Crippen LogP contribution in [-0.2, 0) is 13.0 Å². The highest BCUT2D eigenvalue weighted by atomic mass is 16.4. The van der Waals surface area contributed by atoms with Gasteiger partial charge in [0.05, 0.1) is 24.4 Å². The summed E-state index contributed by atoms with van der Waals surface area (Å²) in [6.07, 6.45) is 4.04. The zero-order valence-electron chi connectivity index (χ0n) is 13.3. The van der Waals surface area contributed by atoms with Crippen LogP contribution in [0.5, 0.6) is 0 Å². The monoisotopic (exact) mass is 315 g/mol. The Hall–Kier alpha value is -3.06. The average Bonchev–Trinajstić information content (AvgIpc) is 3.11. The maximum Gasteiger partial charge on any atom is 0.214 e. The Kier molecular flexibility index (Phi) is 3.76. The van der Waals surface area contributed by atoms with Crippen LogP contribution in [0.15, 0.2) is 59.1 Å². The van der Waals surface area contributed by atoms with Crippen molar-refractivity contribution in [2.75, 3.05) is 11.4 Å². The van der Waals surface area contributed by atoms with Crippen LogP contribution in [0.3, 0.4) is 0 Å². The molecule has 24 heavy (non-hydrogen) atoms. The fraction of sp³-hybridized carbons (Fsp3) is 0.200. The molecular weight excluding hydrogens is 298 g/mol. The van der Waals surface area contributed by atoms with Gasteiger partial charge in [0.2, 0.25) is 5.89 Å². The molecule has 4 nitrogen and oxygen atoms in total. The molecule has 0 bridgehead atoms. The minimum absolute atomic E-state index is 0.642. The molecule has 2 heterocycles. The topological polar surface area (TPSA) is 53.1 Å². The first-order valence-corrected chi connectivity index (χ1v) is 8.11. The number of aryl methyl sites for hydroxylation is 1. The molecule has 4 heteroatoms. The minimum atomic E-state index is 0.642. The van der Waals surface area contributed by atoms with Crippen molar-refractivity contribution >= 4 is 5.69 Å². The molecule has 1 aliphatic heterocycles. The zero-order chi connectivity index (χ0) is 16.4. The van der Waals surface area contributed by atoms with Crippen LogP contribution in [0.4, 0.5) is 5.69 Å². The number of hydrogen-bond acceptors (Lipinski definition) is 4. The highest BCUT2D eigenvalue weighted by Crippen LogP contribution is 2.29. The molecule has 0 atom stereocenters. The third kappa shape index (κ3) is 2.77. The number of fused-ring (bicyclic) bond motifs is 1. The number of benzene rings is 2.